The van der Waals surface area contributed by atoms with Crippen molar-refractivity contribution < 1.29 is 5.11 Å². The van der Waals surface area contributed by atoms with Crippen LogP contribution >= 0.6 is 0 Å². The van der Waals surface area contributed by atoms with E-state index in [1.54, 1.807) is 0 Å². The zero-order chi connectivity index (χ0) is 8.74. The van der Waals surface area contributed by atoms with Crippen molar-refractivity contribution in [1.82, 2.24) is 0 Å². The van der Waals surface area contributed by atoms with Crippen LogP contribution in [0.5, 0.6) is 0 Å². The number of rotatable bonds is 5. The standard InChI is InChI=1S/C10H18O/c1-4-7-8-9-10(11,5-2)6-3/h2,11H,4,6-9H2,1,3H3. The zero-order valence-electron chi connectivity index (χ0n) is 7.56. The quantitative estimate of drug-likeness (QED) is 0.476. The number of aliphatic hydroxyl groups is 1. The first kappa shape index (κ1) is 10.5. The molecule has 0 aromatic rings. The van der Waals surface area contributed by atoms with Gasteiger partial charge in [0.05, 0.1) is 0 Å². The van der Waals surface area contributed by atoms with E-state index >= 15 is 0 Å². The molecule has 1 heteroatoms. The highest BCUT2D eigenvalue weighted by Gasteiger charge is 2.19. The lowest BCUT2D eigenvalue weighted by molar-refractivity contribution is 0.0848. The molecule has 0 aliphatic rings. The van der Waals surface area contributed by atoms with Gasteiger partial charge in [0, 0.05) is 0 Å². The van der Waals surface area contributed by atoms with E-state index in [-0.39, 0.29) is 0 Å². The topological polar surface area (TPSA) is 20.2 Å². The van der Waals surface area contributed by atoms with Crippen molar-refractivity contribution in [3.8, 4) is 12.3 Å². The van der Waals surface area contributed by atoms with Gasteiger partial charge in [0.1, 0.15) is 5.60 Å². The van der Waals surface area contributed by atoms with Crippen molar-refractivity contribution >= 4 is 0 Å². The fourth-order valence-corrected chi connectivity index (χ4v) is 1.02. The summed E-state index contributed by atoms with van der Waals surface area (Å²) in [5, 5.41) is 9.62. The van der Waals surface area contributed by atoms with E-state index in [2.05, 4.69) is 12.8 Å². The summed E-state index contributed by atoms with van der Waals surface area (Å²) in [5.74, 6) is 2.44. The van der Waals surface area contributed by atoms with Gasteiger partial charge in [-0.15, -0.1) is 6.42 Å². The van der Waals surface area contributed by atoms with Crippen molar-refractivity contribution in [2.24, 2.45) is 0 Å². The summed E-state index contributed by atoms with van der Waals surface area (Å²) in [6, 6.07) is 0. The Kier molecular flexibility index (Phi) is 4.98. The molecule has 0 amide bonds. The minimum Gasteiger partial charge on any atom is -0.378 e. The fraction of sp³-hybridized carbons (Fsp3) is 0.800. The SMILES string of the molecule is C#CC(O)(CC)CCCCC. The van der Waals surface area contributed by atoms with Crippen LogP contribution in [-0.2, 0) is 0 Å². The molecule has 0 aliphatic carbocycles. The van der Waals surface area contributed by atoms with E-state index < -0.39 is 5.60 Å². The fourth-order valence-electron chi connectivity index (χ4n) is 1.02. The number of unbranched alkanes of at least 4 members (excludes halogenated alkanes) is 2. The largest absolute Gasteiger partial charge is 0.378 e. The van der Waals surface area contributed by atoms with E-state index in [4.69, 9.17) is 6.42 Å². The minimum atomic E-state index is -0.838. The molecule has 1 N–H and O–H groups in total. The van der Waals surface area contributed by atoms with Crippen LogP contribution in [0, 0.1) is 12.3 Å². The minimum absolute atomic E-state index is 0.660. The molecule has 0 radical (unpaired) electrons. The molecular weight excluding hydrogens is 136 g/mol. The molecule has 0 fully saturated rings. The Morgan fingerprint density at radius 2 is 2.00 bits per heavy atom. The summed E-state index contributed by atoms with van der Waals surface area (Å²) in [6.07, 6.45) is 9.96. The Labute approximate surface area is 69.8 Å². The van der Waals surface area contributed by atoms with Crippen molar-refractivity contribution in [3.05, 3.63) is 0 Å². The molecule has 0 saturated carbocycles. The second-order valence-electron chi connectivity index (χ2n) is 2.99. The molecule has 0 bridgehead atoms. The van der Waals surface area contributed by atoms with Crippen LogP contribution in [-0.4, -0.2) is 10.7 Å². The van der Waals surface area contributed by atoms with Crippen LogP contribution < -0.4 is 0 Å². The molecule has 64 valence electrons. The average molecular weight is 154 g/mol. The van der Waals surface area contributed by atoms with E-state index in [1.165, 1.54) is 6.42 Å². The van der Waals surface area contributed by atoms with Gasteiger partial charge in [-0.2, -0.15) is 0 Å². The summed E-state index contributed by atoms with van der Waals surface area (Å²) < 4.78 is 0. The van der Waals surface area contributed by atoms with Gasteiger partial charge in [0.25, 0.3) is 0 Å². The number of terminal acetylenes is 1. The van der Waals surface area contributed by atoms with Crippen LogP contribution in [0.3, 0.4) is 0 Å². The van der Waals surface area contributed by atoms with E-state index in [1.807, 2.05) is 6.92 Å². The smallest absolute Gasteiger partial charge is 0.125 e. The van der Waals surface area contributed by atoms with Crippen molar-refractivity contribution in [2.45, 2.75) is 51.6 Å². The van der Waals surface area contributed by atoms with Crippen LogP contribution in [0.15, 0.2) is 0 Å². The second kappa shape index (κ2) is 5.21. The van der Waals surface area contributed by atoms with Gasteiger partial charge < -0.3 is 5.11 Å². The molecule has 0 saturated heterocycles. The first-order valence-electron chi connectivity index (χ1n) is 4.38. The van der Waals surface area contributed by atoms with Crippen LogP contribution in [0.1, 0.15) is 46.0 Å². The van der Waals surface area contributed by atoms with E-state index in [0.717, 1.165) is 19.3 Å². The van der Waals surface area contributed by atoms with Gasteiger partial charge in [0.15, 0.2) is 0 Å². The molecule has 0 aromatic heterocycles. The van der Waals surface area contributed by atoms with Gasteiger partial charge in [-0.1, -0.05) is 32.6 Å². The third-order valence-corrected chi connectivity index (χ3v) is 2.05. The normalized spacial score (nSPS) is 15.5. The Morgan fingerprint density at radius 3 is 2.36 bits per heavy atom. The molecule has 11 heavy (non-hydrogen) atoms. The summed E-state index contributed by atoms with van der Waals surface area (Å²) in [7, 11) is 0. The van der Waals surface area contributed by atoms with Gasteiger partial charge in [-0.25, -0.2) is 0 Å². The van der Waals surface area contributed by atoms with Gasteiger partial charge in [0.2, 0.25) is 0 Å². The highest BCUT2D eigenvalue weighted by atomic mass is 16.3. The number of hydrogen-bond donors (Lipinski definition) is 1. The second-order valence-corrected chi connectivity index (χ2v) is 2.99. The summed E-state index contributed by atoms with van der Waals surface area (Å²) in [6.45, 7) is 4.06. The summed E-state index contributed by atoms with van der Waals surface area (Å²) >= 11 is 0. The number of hydrogen-bond acceptors (Lipinski definition) is 1. The first-order chi connectivity index (χ1) is 5.18. The monoisotopic (exact) mass is 154 g/mol. The maximum atomic E-state index is 9.62. The third-order valence-electron chi connectivity index (χ3n) is 2.05. The van der Waals surface area contributed by atoms with Gasteiger partial charge in [-0.3, -0.25) is 0 Å². The average Bonchev–Trinajstić information content (AvgIpc) is 2.05. The highest BCUT2D eigenvalue weighted by molar-refractivity contribution is 5.06. The van der Waals surface area contributed by atoms with Crippen LogP contribution in [0.25, 0.3) is 0 Å². The summed E-state index contributed by atoms with van der Waals surface area (Å²) in [5.41, 5.74) is -0.838. The third kappa shape index (κ3) is 4.06. The van der Waals surface area contributed by atoms with Gasteiger partial charge >= 0.3 is 0 Å². The molecule has 0 heterocycles. The van der Waals surface area contributed by atoms with Gasteiger partial charge in [-0.05, 0) is 19.3 Å². The maximum absolute atomic E-state index is 9.62. The molecule has 0 rings (SSSR count). The lowest BCUT2D eigenvalue weighted by Gasteiger charge is -2.19. The van der Waals surface area contributed by atoms with Crippen molar-refractivity contribution in [2.75, 3.05) is 0 Å². The molecular formula is C10H18O. The Hall–Kier alpha value is -0.480. The Bertz CT molecular complexity index is 134. The first-order valence-corrected chi connectivity index (χ1v) is 4.38. The molecule has 0 aliphatic heterocycles. The van der Waals surface area contributed by atoms with Crippen molar-refractivity contribution in [3.63, 3.8) is 0 Å². The predicted molar refractivity (Wildman–Crippen MR) is 48.2 cm³/mol. The summed E-state index contributed by atoms with van der Waals surface area (Å²) in [4.78, 5) is 0. The van der Waals surface area contributed by atoms with E-state index in [0.29, 0.717) is 6.42 Å². The van der Waals surface area contributed by atoms with Crippen molar-refractivity contribution in [1.29, 1.82) is 0 Å². The van der Waals surface area contributed by atoms with Crippen LogP contribution in [0.4, 0.5) is 0 Å². The lowest BCUT2D eigenvalue weighted by atomic mass is 9.94. The molecule has 1 atom stereocenters. The molecule has 0 aromatic carbocycles. The lowest BCUT2D eigenvalue weighted by Crippen LogP contribution is -2.24. The van der Waals surface area contributed by atoms with E-state index in [9.17, 15) is 5.11 Å². The Morgan fingerprint density at radius 1 is 1.36 bits per heavy atom. The Balaban J connectivity index is 3.63. The predicted octanol–water partition coefficient (Wildman–Crippen LogP) is 2.34. The highest BCUT2D eigenvalue weighted by Crippen LogP contribution is 2.17. The van der Waals surface area contributed by atoms with Crippen LogP contribution in [0.2, 0.25) is 0 Å². The molecule has 0 spiro atoms. The molecule has 1 unspecified atom stereocenters. The maximum Gasteiger partial charge on any atom is 0.125 e. The molecule has 1 nitrogen and oxygen atoms in total. The zero-order valence-corrected chi connectivity index (χ0v) is 7.56.